The topological polar surface area (TPSA) is 74.7 Å². The number of anilines is 2. The molecule has 1 aliphatic rings. The summed E-state index contributed by atoms with van der Waals surface area (Å²) in [5.74, 6) is 1.33. The molecule has 2 aromatic carbocycles. The quantitative estimate of drug-likeness (QED) is 0.656. The third kappa shape index (κ3) is 3.74. The molecule has 4 rings (SSSR count). The average molecular weight is 406 g/mol. The van der Waals surface area contributed by atoms with Gasteiger partial charge in [0.25, 0.3) is 0 Å². The average Bonchev–Trinajstić information content (AvgIpc) is 2.69. The highest BCUT2D eigenvalue weighted by atomic mass is 35.5. The van der Waals surface area contributed by atoms with Gasteiger partial charge in [0, 0.05) is 17.5 Å². The van der Waals surface area contributed by atoms with E-state index in [0.29, 0.717) is 59.5 Å². The van der Waals surface area contributed by atoms with Crippen molar-refractivity contribution in [3.8, 4) is 17.2 Å². The molecule has 28 heavy (non-hydrogen) atoms. The Bertz CT molecular complexity index is 1020. The Kier molecular flexibility index (Phi) is 5.31. The SMILES string of the molecule is COc1cc2ncnc3c2cc1OCCOCCOc1cc(F)c(Cl)cc1N3. The van der Waals surface area contributed by atoms with E-state index < -0.39 is 5.82 Å². The monoisotopic (exact) mass is 405 g/mol. The first-order valence-electron chi connectivity index (χ1n) is 8.58. The molecule has 0 aliphatic carbocycles. The molecule has 1 aliphatic heterocycles. The minimum absolute atomic E-state index is 0.0312. The number of hydrogen-bond donors (Lipinski definition) is 1. The van der Waals surface area contributed by atoms with Gasteiger partial charge in [-0.2, -0.15) is 0 Å². The summed E-state index contributed by atoms with van der Waals surface area (Å²) in [5.41, 5.74) is 1.13. The normalized spacial score (nSPS) is 14.4. The third-order valence-corrected chi connectivity index (χ3v) is 4.46. The van der Waals surface area contributed by atoms with Crippen LogP contribution in [0, 0.1) is 5.82 Å². The van der Waals surface area contributed by atoms with Gasteiger partial charge in [0.15, 0.2) is 11.5 Å². The van der Waals surface area contributed by atoms with Crippen LogP contribution in [0.2, 0.25) is 5.02 Å². The highest BCUT2D eigenvalue weighted by Crippen LogP contribution is 2.37. The number of benzene rings is 2. The molecule has 0 saturated carbocycles. The molecule has 0 amide bonds. The number of halogens is 2. The van der Waals surface area contributed by atoms with Gasteiger partial charge >= 0.3 is 0 Å². The van der Waals surface area contributed by atoms with Crippen LogP contribution in [-0.4, -0.2) is 43.5 Å². The second-order valence-corrected chi connectivity index (χ2v) is 6.35. The van der Waals surface area contributed by atoms with E-state index in [1.807, 2.05) is 0 Å². The summed E-state index contributed by atoms with van der Waals surface area (Å²) in [6.07, 6.45) is 1.42. The van der Waals surface area contributed by atoms with Gasteiger partial charge in [-0.3, -0.25) is 0 Å². The highest BCUT2D eigenvalue weighted by molar-refractivity contribution is 6.31. The van der Waals surface area contributed by atoms with Crippen LogP contribution >= 0.6 is 11.6 Å². The van der Waals surface area contributed by atoms with Crippen molar-refractivity contribution in [2.75, 3.05) is 38.9 Å². The highest BCUT2D eigenvalue weighted by Gasteiger charge is 2.16. The zero-order valence-electron chi connectivity index (χ0n) is 15.0. The van der Waals surface area contributed by atoms with Crippen LogP contribution < -0.4 is 19.5 Å². The molecular weight excluding hydrogens is 389 g/mol. The number of methoxy groups -OCH3 is 1. The van der Waals surface area contributed by atoms with Gasteiger partial charge in [0.05, 0.1) is 36.6 Å². The van der Waals surface area contributed by atoms with E-state index in [1.54, 1.807) is 19.2 Å². The van der Waals surface area contributed by atoms with Gasteiger partial charge in [-0.25, -0.2) is 14.4 Å². The van der Waals surface area contributed by atoms with E-state index in [0.717, 1.165) is 0 Å². The molecular formula is C19H17ClFN3O4. The van der Waals surface area contributed by atoms with Crippen molar-refractivity contribution >= 4 is 34.0 Å². The van der Waals surface area contributed by atoms with E-state index in [2.05, 4.69) is 15.3 Å². The lowest BCUT2D eigenvalue weighted by Gasteiger charge is -2.17. The lowest BCUT2D eigenvalue weighted by Crippen LogP contribution is -2.13. The van der Waals surface area contributed by atoms with E-state index in [9.17, 15) is 4.39 Å². The second kappa shape index (κ2) is 8.04. The fraction of sp³-hybridized carbons (Fsp3) is 0.263. The summed E-state index contributed by atoms with van der Waals surface area (Å²) in [4.78, 5) is 8.60. The van der Waals surface area contributed by atoms with Crippen molar-refractivity contribution in [3.63, 3.8) is 0 Å². The summed E-state index contributed by atoms with van der Waals surface area (Å²) < 4.78 is 36.3. The standard InChI is InChI=1S/C19H17ClFN3O4/c1-25-17-9-14-11-6-18(17)28-5-3-26-2-4-27-16-8-13(21)12(20)7-15(16)24-19(11)23-10-22-14/h6-10H,2-5H2,1H3,(H,22,23,24). The largest absolute Gasteiger partial charge is 0.493 e. The number of rotatable bonds is 1. The Morgan fingerprint density at radius 3 is 2.61 bits per heavy atom. The molecule has 7 nitrogen and oxygen atoms in total. The number of hydrogen-bond acceptors (Lipinski definition) is 7. The molecule has 2 bridgehead atoms. The molecule has 146 valence electrons. The third-order valence-electron chi connectivity index (χ3n) is 4.17. The fourth-order valence-corrected chi connectivity index (χ4v) is 3.00. The van der Waals surface area contributed by atoms with Gasteiger partial charge in [0.1, 0.15) is 36.9 Å². The molecule has 0 fully saturated rings. The Hall–Kier alpha value is -2.84. The Labute approximate surface area is 165 Å². The molecule has 0 saturated heterocycles. The number of ether oxygens (including phenoxy) is 4. The number of nitrogens with one attached hydrogen (secondary N) is 1. The maximum atomic E-state index is 13.9. The smallest absolute Gasteiger partial charge is 0.162 e. The molecule has 0 unspecified atom stereocenters. The van der Waals surface area contributed by atoms with Crippen molar-refractivity contribution in [3.05, 3.63) is 41.4 Å². The van der Waals surface area contributed by atoms with Crippen LogP contribution in [0.1, 0.15) is 0 Å². The zero-order valence-corrected chi connectivity index (χ0v) is 15.8. The van der Waals surface area contributed by atoms with Gasteiger partial charge in [-0.1, -0.05) is 11.6 Å². The maximum absolute atomic E-state index is 13.9. The first kappa shape index (κ1) is 18.5. The first-order valence-corrected chi connectivity index (χ1v) is 8.95. The Balaban J connectivity index is 1.85. The maximum Gasteiger partial charge on any atom is 0.162 e. The summed E-state index contributed by atoms with van der Waals surface area (Å²) in [6, 6.07) is 6.23. The number of fused-ring (bicyclic) bond motifs is 2. The van der Waals surface area contributed by atoms with Gasteiger partial charge in [-0.15, -0.1) is 0 Å². The van der Waals surface area contributed by atoms with Crippen LogP contribution in [-0.2, 0) is 4.74 Å². The van der Waals surface area contributed by atoms with Crippen molar-refractivity contribution in [1.29, 1.82) is 0 Å². The van der Waals surface area contributed by atoms with E-state index in [1.165, 1.54) is 18.5 Å². The van der Waals surface area contributed by atoms with Crippen LogP contribution in [0.15, 0.2) is 30.6 Å². The molecule has 3 aromatic rings. The predicted molar refractivity (Wildman–Crippen MR) is 103 cm³/mol. The van der Waals surface area contributed by atoms with Gasteiger partial charge < -0.3 is 24.3 Å². The lowest BCUT2D eigenvalue weighted by atomic mass is 10.2. The van der Waals surface area contributed by atoms with Crippen LogP contribution in [0.4, 0.5) is 15.9 Å². The molecule has 0 radical (unpaired) electrons. The lowest BCUT2D eigenvalue weighted by molar-refractivity contribution is 0.0758. The van der Waals surface area contributed by atoms with Crippen molar-refractivity contribution < 1.29 is 23.3 Å². The van der Waals surface area contributed by atoms with E-state index in [-0.39, 0.29) is 11.6 Å². The summed E-state index contributed by atoms with van der Waals surface area (Å²) in [7, 11) is 1.56. The summed E-state index contributed by atoms with van der Waals surface area (Å²) >= 11 is 5.96. The molecule has 9 heteroatoms. The van der Waals surface area contributed by atoms with Crippen LogP contribution in [0.25, 0.3) is 10.9 Å². The second-order valence-electron chi connectivity index (χ2n) is 5.94. The molecule has 1 N–H and O–H groups in total. The van der Waals surface area contributed by atoms with Crippen molar-refractivity contribution in [2.24, 2.45) is 0 Å². The molecule has 0 atom stereocenters. The minimum atomic E-state index is -0.572. The zero-order chi connectivity index (χ0) is 19.5. The summed E-state index contributed by atoms with van der Waals surface area (Å²) in [6.45, 7) is 1.26. The predicted octanol–water partition coefficient (Wildman–Crippen LogP) is 3.96. The van der Waals surface area contributed by atoms with Crippen LogP contribution in [0.3, 0.4) is 0 Å². The number of aromatic nitrogens is 2. The Morgan fingerprint density at radius 1 is 1.04 bits per heavy atom. The Morgan fingerprint density at radius 2 is 1.82 bits per heavy atom. The number of nitrogens with zero attached hydrogens (tertiary/aromatic N) is 2. The van der Waals surface area contributed by atoms with Crippen molar-refractivity contribution in [2.45, 2.75) is 0 Å². The van der Waals surface area contributed by atoms with E-state index >= 15 is 0 Å². The fourth-order valence-electron chi connectivity index (χ4n) is 2.83. The molecule has 1 aromatic heterocycles. The first-order chi connectivity index (χ1) is 13.7. The minimum Gasteiger partial charge on any atom is -0.493 e. The van der Waals surface area contributed by atoms with E-state index in [4.69, 9.17) is 30.5 Å². The van der Waals surface area contributed by atoms with Crippen LogP contribution in [0.5, 0.6) is 17.2 Å². The van der Waals surface area contributed by atoms with Gasteiger partial charge in [0.2, 0.25) is 0 Å². The van der Waals surface area contributed by atoms with Gasteiger partial charge in [-0.05, 0) is 12.1 Å². The van der Waals surface area contributed by atoms with Crippen molar-refractivity contribution in [1.82, 2.24) is 9.97 Å². The molecule has 0 spiro atoms. The summed E-state index contributed by atoms with van der Waals surface area (Å²) in [5, 5.41) is 3.82. The molecule has 2 heterocycles.